The Morgan fingerprint density at radius 3 is 2.89 bits per heavy atom. The fraction of sp³-hybridized carbons (Fsp3) is 0.409. The van der Waals surface area contributed by atoms with Crippen LogP contribution in [0.15, 0.2) is 42.5 Å². The molecule has 1 N–H and O–H groups in total. The van der Waals surface area contributed by atoms with Crippen LogP contribution in [0.2, 0.25) is 0 Å². The molecule has 0 spiro atoms. The molecule has 0 aliphatic carbocycles. The lowest BCUT2D eigenvalue weighted by Crippen LogP contribution is -2.38. The van der Waals surface area contributed by atoms with Crippen molar-refractivity contribution in [2.24, 2.45) is 0 Å². The van der Waals surface area contributed by atoms with Gasteiger partial charge in [0.15, 0.2) is 0 Å². The number of ether oxygens (including phenoxy) is 1. The number of benzene rings is 2. The van der Waals surface area contributed by atoms with Gasteiger partial charge in [-0.2, -0.15) is 0 Å². The second kappa shape index (κ2) is 8.19. The van der Waals surface area contributed by atoms with E-state index >= 15 is 0 Å². The number of amides is 1. The summed E-state index contributed by atoms with van der Waals surface area (Å²) in [6.45, 7) is 3.21. The molecule has 27 heavy (non-hydrogen) atoms. The van der Waals surface area contributed by atoms with Crippen molar-refractivity contribution in [2.75, 3.05) is 19.7 Å². The second-order valence-electron chi connectivity index (χ2n) is 7.32. The molecule has 1 fully saturated rings. The largest absolute Gasteiger partial charge is 0.376 e. The minimum atomic E-state index is -0.349. The van der Waals surface area contributed by atoms with Gasteiger partial charge in [-0.3, -0.25) is 4.79 Å². The van der Waals surface area contributed by atoms with E-state index in [0.29, 0.717) is 25.2 Å². The molecule has 1 unspecified atom stereocenters. The Labute approximate surface area is 159 Å². The highest BCUT2D eigenvalue weighted by atomic mass is 19.1. The van der Waals surface area contributed by atoms with Crippen molar-refractivity contribution in [1.29, 1.82) is 0 Å². The number of carbonyl (C=O) groups excluding carboxylic acids is 1. The van der Waals surface area contributed by atoms with E-state index in [2.05, 4.69) is 5.32 Å². The number of hydrogen-bond acceptors (Lipinski definition) is 3. The van der Waals surface area contributed by atoms with E-state index in [-0.39, 0.29) is 17.8 Å². The van der Waals surface area contributed by atoms with Crippen LogP contribution in [-0.4, -0.2) is 36.6 Å². The summed E-state index contributed by atoms with van der Waals surface area (Å²) in [5, 5.41) is 3.25. The van der Waals surface area contributed by atoms with E-state index in [0.717, 1.165) is 49.1 Å². The van der Waals surface area contributed by atoms with E-state index in [1.165, 1.54) is 6.07 Å². The summed E-state index contributed by atoms with van der Waals surface area (Å²) in [6, 6.07) is 12.9. The third-order valence-electron chi connectivity index (χ3n) is 5.36. The van der Waals surface area contributed by atoms with Gasteiger partial charge < -0.3 is 15.0 Å². The molecule has 2 aliphatic heterocycles. The summed E-state index contributed by atoms with van der Waals surface area (Å²) in [5.41, 5.74) is 3.43. The average molecular weight is 368 g/mol. The molecule has 5 heteroatoms. The van der Waals surface area contributed by atoms with Crippen LogP contribution in [-0.2, 0) is 24.2 Å². The lowest BCUT2D eigenvalue weighted by atomic mass is 9.94. The Hall–Kier alpha value is -2.24. The molecule has 0 aromatic heterocycles. The van der Waals surface area contributed by atoms with Crippen LogP contribution in [0.1, 0.15) is 39.9 Å². The molecule has 0 radical (unpaired) electrons. The topological polar surface area (TPSA) is 41.6 Å². The maximum atomic E-state index is 14.2. The molecule has 2 heterocycles. The number of fused-ring (bicyclic) bond motifs is 1. The molecule has 1 atom stereocenters. The van der Waals surface area contributed by atoms with Crippen LogP contribution in [0.3, 0.4) is 0 Å². The standard InChI is InChI=1S/C22H25FN2O2/c23-18-11-17-13-24-9-8-20(17)21(12-18)22(26)25(15-19-7-4-10-27-19)14-16-5-2-1-3-6-16/h1-3,5-6,11-12,19,24H,4,7-10,13-15H2. The normalized spacial score (nSPS) is 18.9. The minimum absolute atomic E-state index is 0.0590. The molecular weight excluding hydrogens is 343 g/mol. The number of nitrogens with zero attached hydrogens (tertiary/aromatic N) is 1. The van der Waals surface area contributed by atoms with Crippen LogP contribution >= 0.6 is 0 Å². The zero-order valence-corrected chi connectivity index (χ0v) is 15.4. The van der Waals surface area contributed by atoms with Gasteiger partial charge in [-0.25, -0.2) is 4.39 Å². The molecule has 0 saturated carbocycles. The highest BCUT2D eigenvalue weighted by Crippen LogP contribution is 2.24. The SMILES string of the molecule is O=C(c1cc(F)cc2c1CCNC2)N(Cc1ccccc1)CC1CCCO1. The molecule has 2 aromatic carbocycles. The third kappa shape index (κ3) is 4.20. The summed E-state index contributed by atoms with van der Waals surface area (Å²) < 4.78 is 20.0. The Morgan fingerprint density at radius 2 is 2.11 bits per heavy atom. The van der Waals surface area contributed by atoms with Gasteiger partial charge in [0.05, 0.1) is 6.10 Å². The zero-order valence-electron chi connectivity index (χ0n) is 15.4. The lowest BCUT2D eigenvalue weighted by molar-refractivity contribution is 0.0506. The van der Waals surface area contributed by atoms with Crippen LogP contribution in [0.5, 0.6) is 0 Å². The molecule has 1 saturated heterocycles. The van der Waals surface area contributed by atoms with Crippen molar-refractivity contribution >= 4 is 5.91 Å². The Kier molecular flexibility index (Phi) is 5.50. The highest BCUT2D eigenvalue weighted by Gasteiger charge is 2.27. The molecule has 2 aliphatic rings. The molecule has 4 nitrogen and oxygen atoms in total. The maximum Gasteiger partial charge on any atom is 0.254 e. The Balaban J connectivity index is 1.64. The van der Waals surface area contributed by atoms with Crippen LogP contribution in [0, 0.1) is 5.82 Å². The number of hydrogen-bond donors (Lipinski definition) is 1. The first-order valence-corrected chi connectivity index (χ1v) is 9.67. The van der Waals surface area contributed by atoms with Crippen LogP contribution in [0.4, 0.5) is 4.39 Å². The summed E-state index contributed by atoms with van der Waals surface area (Å²) >= 11 is 0. The molecule has 2 aromatic rings. The summed E-state index contributed by atoms with van der Waals surface area (Å²) in [7, 11) is 0. The van der Waals surface area contributed by atoms with Gasteiger partial charge in [0.2, 0.25) is 0 Å². The van der Waals surface area contributed by atoms with Crippen molar-refractivity contribution < 1.29 is 13.9 Å². The number of carbonyl (C=O) groups is 1. The Bertz CT molecular complexity index is 803. The molecular formula is C22H25FN2O2. The number of nitrogens with one attached hydrogen (secondary N) is 1. The van der Waals surface area contributed by atoms with Crippen molar-refractivity contribution in [1.82, 2.24) is 10.2 Å². The molecule has 142 valence electrons. The summed E-state index contributed by atoms with van der Waals surface area (Å²) in [4.78, 5) is 15.3. The van der Waals surface area contributed by atoms with Gasteiger partial charge in [-0.1, -0.05) is 30.3 Å². The molecule has 1 amide bonds. The van der Waals surface area contributed by atoms with E-state index in [4.69, 9.17) is 4.74 Å². The average Bonchev–Trinajstić information content (AvgIpc) is 3.20. The first-order valence-electron chi connectivity index (χ1n) is 9.67. The van der Waals surface area contributed by atoms with E-state index in [9.17, 15) is 9.18 Å². The van der Waals surface area contributed by atoms with Gasteiger partial charge in [-0.15, -0.1) is 0 Å². The van der Waals surface area contributed by atoms with E-state index < -0.39 is 0 Å². The molecule has 4 rings (SSSR count). The van der Waals surface area contributed by atoms with Crippen molar-refractivity contribution in [2.45, 2.75) is 38.5 Å². The summed E-state index contributed by atoms with van der Waals surface area (Å²) in [5.74, 6) is -0.454. The minimum Gasteiger partial charge on any atom is -0.376 e. The van der Waals surface area contributed by atoms with Gasteiger partial charge in [0.1, 0.15) is 5.82 Å². The van der Waals surface area contributed by atoms with Crippen LogP contribution < -0.4 is 5.32 Å². The fourth-order valence-corrected chi connectivity index (χ4v) is 4.00. The first kappa shape index (κ1) is 18.1. The van der Waals surface area contributed by atoms with Gasteiger partial charge >= 0.3 is 0 Å². The van der Waals surface area contributed by atoms with E-state index in [1.807, 2.05) is 35.2 Å². The zero-order chi connectivity index (χ0) is 18.6. The van der Waals surface area contributed by atoms with Crippen molar-refractivity contribution in [3.63, 3.8) is 0 Å². The fourth-order valence-electron chi connectivity index (χ4n) is 4.00. The quantitative estimate of drug-likeness (QED) is 0.881. The smallest absolute Gasteiger partial charge is 0.254 e. The monoisotopic (exact) mass is 368 g/mol. The predicted octanol–water partition coefficient (Wildman–Crippen LogP) is 3.29. The van der Waals surface area contributed by atoms with Crippen LogP contribution in [0.25, 0.3) is 0 Å². The summed E-state index contributed by atoms with van der Waals surface area (Å²) in [6.07, 6.45) is 2.79. The predicted molar refractivity (Wildman–Crippen MR) is 102 cm³/mol. The van der Waals surface area contributed by atoms with Crippen molar-refractivity contribution in [3.8, 4) is 0 Å². The molecule has 0 bridgehead atoms. The van der Waals surface area contributed by atoms with Gasteiger partial charge in [0, 0.05) is 31.8 Å². The van der Waals surface area contributed by atoms with E-state index in [1.54, 1.807) is 6.07 Å². The first-order chi connectivity index (χ1) is 13.2. The number of rotatable bonds is 5. The Morgan fingerprint density at radius 1 is 1.26 bits per heavy atom. The third-order valence-corrected chi connectivity index (χ3v) is 5.36. The lowest BCUT2D eigenvalue weighted by Gasteiger charge is -2.28. The maximum absolute atomic E-state index is 14.2. The number of halogens is 1. The highest BCUT2D eigenvalue weighted by molar-refractivity contribution is 5.96. The second-order valence-corrected chi connectivity index (χ2v) is 7.32. The van der Waals surface area contributed by atoms with Crippen molar-refractivity contribution in [3.05, 3.63) is 70.5 Å². The van der Waals surface area contributed by atoms with Gasteiger partial charge in [-0.05, 0) is 54.6 Å². The van der Waals surface area contributed by atoms with Gasteiger partial charge in [0.25, 0.3) is 5.91 Å².